The molecule has 0 spiro atoms. The molecule has 1 nitrogen and oxygen atoms in total. The summed E-state index contributed by atoms with van der Waals surface area (Å²) in [5, 5.41) is 3.81. The Kier molecular flexibility index (Phi) is 5.66. The van der Waals surface area contributed by atoms with E-state index in [2.05, 4.69) is 33.0 Å². The van der Waals surface area contributed by atoms with Crippen LogP contribution in [0.25, 0.3) is 0 Å². The molecule has 0 amide bonds. The molecule has 90 valence electrons. The summed E-state index contributed by atoms with van der Waals surface area (Å²) in [4.78, 5) is 0. The van der Waals surface area contributed by atoms with Crippen LogP contribution in [0.3, 0.4) is 0 Å². The molecule has 1 aliphatic carbocycles. The van der Waals surface area contributed by atoms with Crippen LogP contribution in [0.2, 0.25) is 0 Å². The average Bonchev–Trinajstić information content (AvgIpc) is 2.13. The van der Waals surface area contributed by atoms with Gasteiger partial charge in [0.15, 0.2) is 0 Å². The van der Waals surface area contributed by atoms with E-state index in [4.69, 9.17) is 0 Å². The number of hydrogen-bond donors (Lipinski definition) is 1. The first-order valence-electron chi connectivity index (χ1n) is 6.87. The molecule has 1 heteroatoms. The summed E-state index contributed by atoms with van der Waals surface area (Å²) < 4.78 is 0. The molecule has 0 aromatic heterocycles. The Bertz CT molecular complexity index is 157. The van der Waals surface area contributed by atoms with Gasteiger partial charge in [-0.25, -0.2) is 0 Å². The van der Waals surface area contributed by atoms with E-state index in [1.807, 2.05) is 0 Å². The molecule has 0 bridgehead atoms. The molecule has 0 aromatic rings. The lowest BCUT2D eigenvalue weighted by Crippen LogP contribution is -2.41. The van der Waals surface area contributed by atoms with Crippen LogP contribution in [-0.4, -0.2) is 12.1 Å². The Morgan fingerprint density at radius 2 is 1.73 bits per heavy atom. The van der Waals surface area contributed by atoms with Gasteiger partial charge < -0.3 is 5.32 Å². The van der Waals surface area contributed by atoms with Gasteiger partial charge >= 0.3 is 0 Å². The molecular weight excluding hydrogens is 182 g/mol. The number of nitrogens with one attached hydrogen (secondary N) is 1. The molecule has 1 rings (SSSR count). The van der Waals surface area contributed by atoms with Crippen LogP contribution in [-0.2, 0) is 0 Å². The first-order valence-corrected chi connectivity index (χ1v) is 6.87. The Hall–Kier alpha value is -0.0400. The fraction of sp³-hybridized carbons (Fsp3) is 1.00. The van der Waals surface area contributed by atoms with E-state index >= 15 is 0 Å². The molecule has 1 saturated carbocycles. The maximum absolute atomic E-state index is 3.81. The highest BCUT2D eigenvalue weighted by Crippen LogP contribution is 2.28. The smallest absolute Gasteiger partial charge is 0.00746 e. The van der Waals surface area contributed by atoms with Crippen molar-refractivity contribution in [3.8, 4) is 0 Å². The van der Waals surface area contributed by atoms with Crippen molar-refractivity contribution in [2.45, 2.75) is 78.3 Å². The van der Waals surface area contributed by atoms with E-state index in [0.717, 1.165) is 17.9 Å². The van der Waals surface area contributed by atoms with Crippen LogP contribution in [0.4, 0.5) is 0 Å². The minimum absolute atomic E-state index is 0.715. The third-order valence-electron chi connectivity index (χ3n) is 3.69. The molecule has 0 aromatic carbocycles. The second-order valence-electron chi connectivity index (χ2n) is 5.82. The first-order chi connectivity index (χ1) is 7.11. The highest BCUT2D eigenvalue weighted by Gasteiger charge is 2.24. The van der Waals surface area contributed by atoms with Crippen molar-refractivity contribution in [3.63, 3.8) is 0 Å². The molecule has 3 atom stereocenters. The molecule has 3 unspecified atom stereocenters. The van der Waals surface area contributed by atoms with Crippen molar-refractivity contribution >= 4 is 0 Å². The second kappa shape index (κ2) is 6.52. The van der Waals surface area contributed by atoms with Gasteiger partial charge in [0.1, 0.15) is 0 Å². The third kappa shape index (κ3) is 5.01. The predicted octanol–water partition coefficient (Wildman–Crippen LogP) is 3.98. The van der Waals surface area contributed by atoms with E-state index in [9.17, 15) is 0 Å². The molecule has 0 aliphatic heterocycles. The second-order valence-corrected chi connectivity index (χ2v) is 5.82. The number of rotatable bonds is 5. The van der Waals surface area contributed by atoms with Crippen molar-refractivity contribution in [2.24, 2.45) is 11.8 Å². The summed E-state index contributed by atoms with van der Waals surface area (Å²) in [6.07, 6.45) is 8.24. The van der Waals surface area contributed by atoms with Crippen LogP contribution in [0.5, 0.6) is 0 Å². The summed E-state index contributed by atoms with van der Waals surface area (Å²) in [5.74, 6) is 1.84. The summed E-state index contributed by atoms with van der Waals surface area (Å²) >= 11 is 0. The molecule has 1 aliphatic rings. The van der Waals surface area contributed by atoms with E-state index in [1.54, 1.807) is 0 Å². The van der Waals surface area contributed by atoms with Crippen LogP contribution in [0.1, 0.15) is 66.2 Å². The summed E-state index contributed by atoms with van der Waals surface area (Å²) in [6, 6.07) is 1.50. The maximum atomic E-state index is 3.81. The molecule has 0 radical (unpaired) electrons. The highest BCUT2D eigenvalue weighted by molar-refractivity contribution is 4.81. The van der Waals surface area contributed by atoms with Gasteiger partial charge in [-0.1, -0.05) is 33.6 Å². The Morgan fingerprint density at radius 3 is 2.27 bits per heavy atom. The van der Waals surface area contributed by atoms with Gasteiger partial charge in [0.2, 0.25) is 0 Å². The predicted molar refractivity (Wildman–Crippen MR) is 68.1 cm³/mol. The van der Waals surface area contributed by atoms with E-state index < -0.39 is 0 Å². The minimum atomic E-state index is 0.715. The Morgan fingerprint density at radius 1 is 1.13 bits per heavy atom. The minimum Gasteiger partial charge on any atom is -0.311 e. The van der Waals surface area contributed by atoms with Crippen LogP contribution in [0.15, 0.2) is 0 Å². The lowest BCUT2D eigenvalue weighted by atomic mass is 9.80. The number of hydrogen-bond acceptors (Lipinski definition) is 1. The largest absolute Gasteiger partial charge is 0.311 e. The van der Waals surface area contributed by atoms with Crippen molar-refractivity contribution in [1.82, 2.24) is 5.32 Å². The fourth-order valence-corrected chi connectivity index (χ4v) is 3.08. The van der Waals surface area contributed by atoms with E-state index in [1.165, 1.54) is 38.5 Å². The summed E-state index contributed by atoms with van der Waals surface area (Å²) in [7, 11) is 0. The average molecular weight is 211 g/mol. The zero-order chi connectivity index (χ0) is 11.3. The van der Waals surface area contributed by atoms with Gasteiger partial charge in [-0.15, -0.1) is 0 Å². The molecule has 1 fully saturated rings. The molecule has 0 heterocycles. The normalized spacial score (nSPS) is 34.0. The van der Waals surface area contributed by atoms with E-state index in [0.29, 0.717) is 6.04 Å². The topological polar surface area (TPSA) is 12.0 Å². The van der Waals surface area contributed by atoms with E-state index in [-0.39, 0.29) is 0 Å². The van der Waals surface area contributed by atoms with Gasteiger partial charge in [0.05, 0.1) is 0 Å². The Balaban J connectivity index is 2.24. The van der Waals surface area contributed by atoms with Crippen molar-refractivity contribution in [2.75, 3.05) is 0 Å². The number of unbranched alkanes of at least 4 members (excludes halogenated alkanes) is 1. The molecule has 0 saturated heterocycles. The monoisotopic (exact) mass is 211 g/mol. The molecule has 15 heavy (non-hydrogen) atoms. The zero-order valence-corrected chi connectivity index (χ0v) is 11.1. The summed E-state index contributed by atoms with van der Waals surface area (Å²) in [5.41, 5.74) is 0. The van der Waals surface area contributed by atoms with Gasteiger partial charge in [-0.05, 0) is 44.4 Å². The lowest BCUT2D eigenvalue weighted by Gasteiger charge is -2.34. The van der Waals surface area contributed by atoms with Crippen LogP contribution >= 0.6 is 0 Å². The lowest BCUT2D eigenvalue weighted by molar-refractivity contribution is 0.225. The molecule has 1 N–H and O–H groups in total. The van der Waals surface area contributed by atoms with Gasteiger partial charge in [-0.2, -0.15) is 0 Å². The van der Waals surface area contributed by atoms with Crippen LogP contribution < -0.4 is 5.32 Å². The van der Waals surface area contributed by atoms with Gasteiger partial charge in [0, 0.05) is 12.1 Å². The maximum Gasteiger partial charge on any atom is 0.00746 e. The fourth-order valence-electron chi connectivity index (χ4n) is 3.08. The molecular formula is C14H29N. The quantitative estimate of drug-likeness (QED) is 0.725. The SMILES string of the molecule is CCCCC(C)NC1CC(C)CC(C)C1. The van der Waals surface area contributed by atoms with Crippen molar-refractivity contribution in [1.29, 1.82) is 0 Å². The zero-order valence-electron chi connectivity index (χ0n) is 11.1. The first kappa shape index (κ1) is 13.0. The van der Waals surface area contributed by atoms with Crippen LogP contribution in [0, 0.1) is 11.8 Å². The third-order valence-corrected chi connectivity index (χ3v) is 3.69. The van der Waals surface area contributed by atoms with Crippen molar-refractivity contribution in [3.05, 3.63) is 0 Å². The van der Waals surface area contributed by atoms with Gasteiger partial charge in [-0.3, -0.25) is 0 Å². The highest BCUT2D eigenvalue weighted by atomic mass is 14.9. The van der Waals surface area contributed by atoms with Crippen molar-refractivity contribution < 1.29 is 0 Å². The summed E-state index contributed by atoms with van der Waals surface area (Å²) in [6.45, 7) is 9.43. The standard InChI is InChI=1S/C14H29N/c1-5-6-7-13(4)15-14-9-11(2)8-12(3)10-14/h11-15H,5-10H2,1-4H3. The Labute approximate surface area is 96.0 Å². The van der Waals surface area contributed by atoms with Gasteiger partial charge in [0.25, 0.3) is 0 Å².